The van der Waals surface area contributed by atoms with Crippen LogP contribution in [0.1, 0.15) is 28.9 Å². The van der Waals surface area contributed by atoms with E-state index in [2.05, 4.69) is 208 Å². The van der Waals surface area contributed by atoms with Gasteiger partial charge in [-0.2, -0.15) is 0 Å². The second-order valence-electron chi connectivity index (χ2n) is 15.0. The third-order valence-electron chi connectivity index (χ3n) is 11.8. The fourth-order valence-corrected chi connectivity index (χ4v) is 9.21. The topological polar surface area (TPSA) is 47.1 Å². The number of nitrogens with one attached hydrogen (secondary N) is 2. The molecule has 0 bridgehead atoms. The Balaban J connectivity index is 1.08. The minimum atomic E-state index is -0.120. The molecule has 11 aromatic rings. The lowest BCUT2D eigenvalue weighted by atomic mass is 9.98. The molecule has 5 nitrogen and oxygen atoms in total. The predicted octanol–water partition coefficient (Wildman–Crippen LogP) is 12.8. The molecular formula is C52H36N4O. The smallest absolute Gasteiger partial charge is 0.136 e. The molecule has 3 aromatic heterocycles. The van der Waals surface area contributed by atoms with Crippen LogP contribution in [0.25, 0.3) is 82.6 Å². The largest absolute Gasteiger partial charge is 0.456 e. The number of aromatic nitrogens is 2. The van der Waals surface area contributed by atoms with Crippen LogP contribution in [-0.4, -0.2) is 9.13 Å². The standard InChI is InChI=1S/C52H36N4O/c1-4-15-33(16-5-1)43-32-44(34-17-6-2-7-18-34)54-52(53-43)35-19-14-22-37(29-35)55-45-25-12-10-24-40(45)50-46(55)28-27-39-41-31-49-42(38-23-11-13-26-48(38)57-49)30-47(41)56(51(39)50)36-20-8-3-9-21-36/h1-32,43,52-54H. The number of furan rings is 1. The molecule has 12 rings (SSSR count). The van der Waals surface area contributed by atoms with Crippen LogP contribution in [-0.2, 0) is 0 Å². The first-order chi connectivity index (χ1) is 28.3. The second kappa shape index (κ2) is 12.6. The Morgan fingerprint density at radius 1 is 0.439 bits per heavy atom. The van der Waals surface area contributed by atoms with E-state index in [1.54, 1.807) is 0 Å². The predicted molar refractivity (Wildman–Crippen MR) is 235 cm³/mol. The first-order valence-electron chi connectivity index (χ1n) is 19.6. The Bertz CT molecular complexity index is 3360. The van der Waals surface area contributed by atoms with Crippen molar-refractivity contribution in [1.29, 1.82) is 0 Å². The SMILES string of the molecule is C1=C(c2ccccc2)NC(c2cccc(-n3c4ccccc4c4c3ccc3c5cc6oc7ccccc7c6cc5n(-c5ccccc5)c34)c2)NC1c1ccccc1. The normalized spacial score (nSPS) is 15.9. The van der Waals surface area contributed by atoms with E-state index in [-0.39, 0.29) is 12.2 Å². The van der Waals surface area contributed by atoms with Gasteiger partial charge in [0.15, 0.2) is 0 Å². The Morgan fingerprint density at radius 3 is 1.98 bits per heavy atom. The Morgan fingerprint density at radius 2 is 1.14 bits per heavy atom. The average molecular weight is 733 g/mol. The summed E-state index contributed by atoms with van der Waals surface area (Å²) in [6, 6.07) is 67.4. The molecule has 0 fully saturated rings. The van der Waals surface area contributed by atoms with Gasteiger partial charge >= 0.3 is 0 Å². The lowest BCUT2D eigenvalue weighted by Gasteiger charge is -2.33. The molecule has 0 saturated heterocycles. The molecule has 5 heteroatoms. The van der Waals surface area contributed by atoms with Crippen molar-refractivity contribution < 1.29 is 4.42 Å². The van der Waals surface area contributed by atoms with E-state index in [1.807, 2.05) is 6.07 Å². The van der Waals surface area contributed by atoms with Gasteiger partial charge in [0.05, 0.1) is 28.1 Å². The quantitative estimate of drug-likeness (QED) is 0.185. The highest BCUT2D eigenvalue weighted by Crippen LogP contribution is 2.44. The Kier molecular flexibility index (Phi) is 7.06. The summed E-state index contributed by atoms with van der Waals surface area (Å²) in [7, 11) is 0. The molecule has 4 heterocycles. The molecular weight excluding hydrogens is 697 g/mol. The van der Waals surface area contributed by atoms with Crippen LogP contribution in [0, 0.1) is 0 Å². The number of rotatable bonds is 5. The van der Waals surface area contributed by atoms with Crippen LogP contribution in [0.4, 0.5) is 0 Å². The maximum Gasteiger partial charge on any atom is 0.136 e. The van der Waals surface area contributed by atoms with Gasteiger partial charge in [-0.25, -0.2) is 0 Å². The third kappa shape index (κ3) is 4.99. The van der Waals surface area contributed by atoms with Gasteiger partial charge in [0.2, 0.25) is 0 Å². The van der Waals surface area contributed by atoms with Gasteiger partial charge < -0.3 is 18.9 Å². The van der Waals surface area contributed by atoms with Gasteiger partial charge in [0, 0.05) is 49.4 Å². The van der Waals surface area contributed by atoms with Gasteiger partial charge in [-0.05, 0) is 77.4 Å². The van der Waals surface area contributed by atoms with Crippen molar-refractivity contribution in [2.45, 2.75) is 12.2 Å². The molecule has 0 aliphatic carbocycles. The van der Waals surface area contributed by atoms with Gasteiger partial charge in [0.1, 0.15) is 17.3 Å². The van der Waals surface area contributed by atoms with E-state index >= 15 is 0 Å². The number of hydrogen-bond acceptors (Lipinski definition) is 3. The summed E-state index contributed by atoms with van der Waals surface area (Å²) in [6.45, 7) is 0. The molecule has 1 aliphatic heterocycles. The molecule has 0 amide bonds. The van der Waals surface area contributed by atoms with E-state index in [0.717, 1.165) is 55.6 Å². The van der Waals surface area contributed by atoms with Crippen LogP contribution >= 0.6 is 0 Å². The van der Waals surface area contributed by atoms with E-state index in [0.29, 0.717) is 0 Å². The lowest BCUT2D eigenvalue weighted by Crippen LogP contribution is -2.39. The third-order valence-corrected chi connectivity index (χ3v) is 11.8. The fourth-order valence-electron chi connectivity index (χ4n) is 9.21. The summed E-state index contributed by atoms with van der Waals surface area (Å²) < 4.78 is 11.3. The van der Waals surface area contributed by atoms with Crippen LogP contribution in [0.5, 0.6) is 0 Å². The summed E-state index contributed by atoms with van der Waals surface area (Å²) in [5.74, 6) is 0. The Hall–Kier alpha value is -7.34. The fraction of sp³-hybridized carbons (Fsp3) is 0.0385. The number of nitrogens with zero attached hydrogens (tertiary/aromatic N) is 2. The van der Waals surface area contributed by atoms with Crippen molar-refractivity contribution in [3.05, 3.63) is 211 Å². The van der Waals surface area contributed by atoms with Crippen molar-refractivity contribution in [3.63, 3.8) is 0 Å². The molecule has 1 aliphatic rings. The highest BCUT2D eigenvalue weighted by molar-refractivity contribution is 6.27. The molecule has 0 saturated carbocycles. The van der Waals surface area contributed by atoms with Crippen LogP contribution in [0.2, 0.25) is 0 Å². The second-order valence-corrected chi connectivity index (χ2v) is 15.0. The van der Waals surface area contributed by atoms with E-state index in [4.69, 9.17) is 4.42 Å². The molecule has 270 valence electrons. The highest BCUT2D eigenvalue weighted by Gasteiger charge is 2.26. The van der Waals surface area contributed by atoms with Gasteiger partial charge in [-0.1, -0.05) is 133 Å². The maximum atomic E-state index is 6.44. The van der Waals surface area contributed by atoms with Crippen LogP contribution in [0.15, 0.2) is 199 Å². The summed E-state index contributed by atoms with van der Waals surface area (Å²) >= 11 is 0. The monoisotopic (exact) mass is 732 g/mol. The first-order valence-corrected chi connectivity index (χ1v) is 19.6. The van der Waals surface area contributed by atoms with E-state index in [1.165, 1.54) is 43.7 Å². The van der Waals surface area contributed by atoms with Gasteiger partial charge in [-0.3, -0.25) is 5.32 Å². The zero-order chi connectivity index (χ0) is 37.5. The molecule has 2 atom stereocenters. The van der Waals surface area contributed by atoms with Crippen LogP contribution in [0.3, 0.4) is 0 Å². The minimum Gasteiger partial charge on any atom is -0.456 e. The molecule has 0 spiro atoms. The van der Waals surface area contributed by atoms with Crippen molar-refractivity contribution in [2.24, 2.45) is 0 Å². The highest BCUT2D eigenvalue weighted by atomic mass is 16.3. The zero-order valence-corrected chi connectivity index (χ0v) is 30.9. The molecule has 8 aromatic carbocycles. The molecule has 2 N–H and O–H groups in total. The average Bonchev–Trinajstić information content (AvgIpc) is 3.93. The molecule has 0 radical (unpaired) electrons. The first kappa shape index (κ1) is 32.0. The van der Waals surface area contributed by atoms with Crippen molar-refractivity contribution in [1.82, 2.24) is 19.8 Å². The van der Waals surface area contributed by atoms with Crippen molar-refractivity contribution in [2.75, 3.05) is 0 Å². The van der Waals surface area contributed by atoms with Gasteiger partial charge in [0.25, 0.3) is 0 Å². The van der Waals surface area contributed by atoms with Crippen LogP contribution < -0.4 is 10.6 Å². The number of hydrogen-bond donors (Lipinski definition) is 2. The van der Waals surface area contributed by atoms with E-state index in [9.17, 15) is 0 Å². The van der Waals surface area contributed by atoms with Crippen molar-refractivity contribution >= 4 is 71.2 Å². The minimum absolute atomic E-state index is 0.0398. The zero-order valence-electron chi connectivity index (χ0n) is 30.9. The van der Waals surface area contributed by atoms with Gasteiger partial charge in [-0.15, -0.1) is 0 Å². The summed E-state index contributed by atoms with van der Waals surface area (Å²) in [5, 5.41) is 14.8. The number of benzene rings is 8. The van der Waals surface area contributed by atoms with Crippen molar-refractivity contribution in [3.8, 4) is 11.4 Å². The number of fused-ring (bicyclic) bond motifs is 10. The summed E-state index contributed by atoms with van der Waals surface area (Å²) in [4.78, 5) is 0. The lowest BCUT2D eigenvalue weighted by molar-refractivity contribution is 0.442. The summed E-state index contributed by atoms with van der Waals surface area (Å²) in [6.07, 6.45) is 2.18. The maximum absolute atomic E-state index is 6.44. The summed E-state index contributed by atoms with van der Waals surface area (Å²) in [5.41, 5.74) is 13.4. The number of para-hydroxylation sites is 3. The molecule has 57 heavy (non-hydrogen) atoms. The molecule has 2 unspecified atom stereocenters. The van der Waals surface area contributed by atoms with E-state index < -0.39 is 0 Å². The Labute approximate surface area is 328 Å².